The molecule has 0 unspecified atom stereocenters. The summed E-state index contributed by atoms with van der Waals surface area (Å²) in [6.45, 7) is 7.94. The molecule has 4 aromatic rings. The van der Waals surface area contributed by atoms with Crippen molar-refractivity contribution in [3.63, 3.8) is 0 Å². The lowest BCUT2D eigenvalue weighted by Crippen LogP contribution is -2.21. The van der Waals surface area contributed by atoms with Gasteiger partial charge in [0.05, 0.1) is 17.6 Å². The van der Waals surface area contributed by atoms with Gasteiger partial charge >= 0.3 is 0 Å². The molecule has 1 aliphatic heterocycles. The van der Waals surface area contributed by atoms with Crippen molar-refractivity contribution < 1.29 is 0 Å². The topological polar surface area (TPSA) is 51.8 Å². The minimum absolute atomic E-state index is 0.209. The molecule has 1 aliphatic rings. The Bertz CT molecular complexity index is 1210. The van der Waals surface area contributed by atoms with Crippen LogP contribution in [0.1, 0.15) is 31.4 Å². The zero-order valence-corrected chi connectivity index (χ0v) is 18.0. The number of rotatable bonds is 3. The third kappa shape index (κ3) is 3.08. The zero-order valence-electron chi connectivity index (χ0n) is 17.2. The van der Waals surface area contributed by atoms with Crippen molar-refractivity contribution in [1.29, 1.82) is 0 Å². The Hall–Kier alpha value is -3.12. The first-order chi connectivity index (χ1) is 14.5. The summed E-state index contributed by atoms with van der Waals surface area (Å²) in [7, 11) is 0. The molecule has 5 rings (SSSR count). The van der Waals surface area contributed by atoms with Crippen molar-refractivity contribution in [3.05, 3.63) is 71.5 Å². The average Bonchev–Trinajstić information content (AvgIpc) is 3.36. The second-order valence-electron chi connectivity index (χ2n) is 7.72. The highest BCUT2D eigenvalue weighted by Crippen LogP contribution is 2.40. The van der Waals surface area contributed by atoms with Crippen LogP contribution in [0.2, 0.25) is 5.02 Å². The quantitative estimate of drug-likeness (QED) is 0.449. The van der Waals surface area contributed by atoms with E-state index in [0.717, 1.165) is 58.0 Å². The molecule has 7 heteroatoms. The molecule has 0 amide bonds. The number of hydrogen-bond acceptors (Lipinski definition) is 4. The SMILES string of the molecule is CCn1cc(-c2ccc3c(c2)N(c2ccc(Cl)cc2)C[C@@H](C)c2nnc(C)n2-3)cn1. The molecule has 0 N–H and O–H groups in total. The fourth-order valence-corrected chi connectivity index (χ4v) is 4.23. The van der Waals surface area contributed by atoms with E-state index >= 15 is 0 Å². The maximum Gasteiger partial charge on any atom is 0.142 e. The number of fused-ring (bicyclic) bond motifs is 3. The van der Waals surface area contributed by atoms with E-state index in [1.165, 1.54) is 0 Å². The van der Waals surface area contributed by atoms with Crippen LogP contribution < -0.4 is 4.90 Å². The van der Waals surface area contributed by atoms with E-state index < -0.39 is 0 Å². The van der Waals surface area contributed by atoms with Gasteiger partial charge in [-0.25, -0.2) is 0 Å². The van der Waals surface area contributed by atoms with Gasteiger partial charge in [0.1, 0.15) is 11.6 Å². The Morgan fingerprint density at radius 2 is 1.83 bits per heavy atom. The van der Waals surface area contributed by atoms with E-state index in [2.05, 4.69) is 75.1 Å². The van der Waals surface area contributed by atoms with Crippen LogP contribution in [-0.2, 0) is 6.54 Å². The summed E-state index contributed by atoms with van der Waals surface area (Å²) in [5.74, 6) is 2.08. The number of aryl methyl sites for hydroxylation is 2. The second-order valence-corrected chi connectivity index (χ2v) is 8.15. The molecule has 0 aliphatic carbocycles. The van der Waals surface area contributed by atoms with Gasteiger partial charge in [-0.1, -0.05) is 24.6 Å². The maximum atomic E-state index is 6.16. The Morgan fingerprint density at radius 3 is 2.57 bits per heavy atom. The fraction of sp³-hybridized carbons (Fsp3) is 0.261. The summed E-state index contributed by atoms with van der Waals surface area (Å²) >= 11 is 6.16. The molecule has 2 aromatic heterocycles. The second kappa shape index (κ2) is 7.29. The van der Waals surface area contributed by atoms with E-state index in [4.69, 9.17) is 11.6 Å². The molecule has 6 nitrogen and oxygen atoms in total. The predicted octanol–water partition coefficient (Wildman–Crippen LogP) is 5.37. The predicted molar refractivity (Wildman–Crippen MR) is 120 cm³/mol. The molecular formula is C23H23ClN6. The molecule has 0 saturated heterocycles. The fourth-order valence-electron chi connectivity index (χ4n) is 4.11. The van der Waals surface area contributed by atoms with Crippen LogP contribution in [0.3, 0.4) is 0 Å². The van der Waals surface area contributed by atoms with Crippen LogP contribution in [0, 0.1) is 6.92 Å². The Labute approximate surface area is 180 Å². The van der Waals surface area contributed by atoms with Gasteiger partial charge in [0.15, 0.2) is 0 Å². The van der Waals surface area contributed by atoms with Crippen LogP contribution in [0.4, 0.5) is 11.4 Å². The summed E-state index contributed by atoms with van der Waals surface area (Å²) in [5.41, 5.74) is 5.54. The largest absolute Gasteiger partial charge is 0.339 e. The number of anilines is 2. The summed E-state index contributed by atoms with van der Waals surface area (Å²) in [5, 5.41) is 14.0. The van der Waals surface area contributed by atoms with Gasteiger partial charge in [-0.15, -0.1) is 10.2 Å². The van der Waals surface area contributed by atoms with Crippen LogP contribution in [0.15, 0.2) is 54.9 Å². The lowest BCUT2D eigenvalue weighted by molar-refractivity contribution is 0.660. The molecule has 30 heavy (non-hydrogen) atoms. The van der Waals surface area contributed by atoms with E-state index in [-0.39, 0.29) is 5.92 Å². The van der Waals surface area contributed by atoms with Gasteiger partial charge < -0.3 is 4.90 Å². The van der Waals surface area contributed by atoms with Crippen molar-refractivity contribution in [2.45, 2.75) is 33.2 Å². The van der Waals surface area contributed by atoms with Crippen molar-refractivity contribution in [1.82, 2.24) is 24.5 Å². The summed E-state index contributed by atoms with van der Waals surface area (Å²) < 4.78 is 4.12. The van der Waals surface area contributed by atoms with E-state index in [9.17, 15) is 0 Å². The number of hydrogen-bond donors (Lipinski definition) is 0. The summed E-state index contributed by atoms with van der Waals surface area (Å²) in [6.07, 6.45) is 4.01. The monoisotopic (exact) mass is 418 g/mol. The molecule has 0 fully saturated rings. The zero-order chi connectivity index (χ0) is 20.8. The Morgan fingerprint density at radius 1 is 1.03 bits per heavy atom. The molecular weight excluding hydrogens is 396 g/mol. The van der Waals surface area contributed by atoms with Crippen molar-refractivity contribution >= 4 is 23.0 Å². The number of aromatic nitrogens is 5. The van der Waals surface area contributed by atoms with Crippen LogP contribution in [0.5, 0.6) is 0 Å². The number of halogens is 1. The summed E-state index contributed by atoms with van der Waals surface area (Å²) in [4.78, 5) is 2.35. The normalized spacial score (nSPS) is 15.6. The van der Waals surface area contributed by atoms with Gasteiger partial charge in [-0.2, -0.15) is 5.10 Å². The van der Waals surface area contributed by atoms with Gasteiger partial charge in [0.2, 0.25) is 0 Å². The van der Waals surface area contributed by atoms with Gasteiger partial charge in [-0.05, 0) is 55.8 Å². The minimum atomic E-state index is 0.209. The van der Waals surface area contributed by atoms with Crippen LogP contribution >= 0.6 is 11.6 Å². The van der Waals surface area contributed by atoms with Crippen LogP contribution in [0.25, 0.3) is 16.8 Å². The van der Waals surface area contributed by atoms with Gasteiger partial charge in [0.25, 0.3) is 0 Å². The first-order valence-electron chi connectivity index (χ1n) is 10.2. The molecule has 0 spiro atoms. The first kappa shape index (κ1) is 18.9. The Balaban J connectivity index is 1.72. The van der Waals surface area contributed by atoms with Crippen LogP contribution in [-0.4, -0.2) is 31.1 Å². The molecule has 0 radical (unpaired) electrons. The molecule has 1 atom stereocenters. The minimum Gasteiger partial charge on any atom is -0.339 e. The molecule has 152 valence electrons. The lowest BCUT2D eigenvalue weighted by atomic mass is 10.1. The highest BCUT2D eigenvalue weighted by molar-refractivity contribution is 6.30. The Kier molecular flexibility index (Phi) is 4.59. The third-order valence-electron chi connectivity index (χ3n) is 5.68. The number of nitrogens with zero attached hydrogens (tertiary/aromatic N) is 6. The van der Waals surface area contributed by atoms with E-state index in [0.29, 0.717) is 0 Å². The molecule has 3 heterocycles. The lowest BCUT2D eigenvalue weighted by Gasteiger charge is -2.27. The highest BCUT2D eigenvalue weighted by Gasteiger charge is 2.28. The van der Waals surface area contributed by atoms with E-state index in [1.807, 2.05) is 29.9 Å². The number of benzene rings is 2. The molecule has 0 bridgehead atoms. The third-order valence-corrected chi connectivity index (χ3v) is 5.94. The van der Waals surface area contributed by atoms with E-state index in [1.54, 1.807) is 0 Å². The first-order valence-corrected chi connectivity index (χ1v) is 10.5. The van der Waals surface area contributed by atoms with Crippen molar-refractivity contribution in [2.75, 3.05) is 11.4 Å². The maximum absolute atomic E-state index is 6.16. The van der Waals surface area contributed by atoms with Crippen molar-refractivity contribution in [2.24, 2.45) is 0 Å². The smallest absolute Gasteiger partial charge is 0.142 e. The van der Waals surface area contributed by atoms with Gasteiger partial charge in [0, 0.05) is 41.5 Å². The summed E-state index contributed by atoms with van der Waals surface area (Å²) in [6, 6.07) is 14.6. The molecule has 0 saturated carbocycles. The highest BCUT2D eigenvalue weighted by atomic mass is 35.5. The standard InChI is InChI=1S/C23H23ClN6/c1-4-28-14-18(12-25-28)17-5-10-21-22(11-17)29(20-8-6-19(24)7-9-20)13-15(2)23-27-26-16(3)30(21)23/h5-12,14-15H,4,13H2,1-3H3/t15-/m1/s1. The van der Waals surface area contributed by atoms with Crippen molar-refractivity contribution in [3.8, 4) is 16.8 Å². The average molecular weight is 419 g/mol. The van der Waals surface area contributed by atoms with Gasteiger partial charge in [-0.3, -0.25) is 9.25 Å². The molecule has 2 aromatic carbocycles.